The highest BCUT2D eigenvalue weighted by Crippen LogP contribution is 2.31. The minimum absolute atomic E-state index is 0.0318. The summed E-state index contributed by atoms with van der Waals surface area (Å²) in [7, 11) is 0. The summed E-state index contributed by atoms with van der Waals surface area (Å²) < 4.78 is 1.78. The van der Waals surface area contributed by atoms with Crippen LogP contribution in [-0.4, -0.2) is 15.7 Å². The Hall–Kier alpha value is -3.11. The molecule has 0 saturated carbocycles. The van der Waals surface area contributed by atoms with Gasteiger partial charge in [-0.25, -0.2) is 0 Å². The number of hydrogen-bond acceptors (Lipinski definition) is 2. The van der Waals surface area contributed by atoms with Gasteiger partial charge in [0.05, 0.1) is 11.6 Å². The molecule has 0 spiro atoms. The summed E-state index contributed by atoms with van der Waals surface area (Å²) in [6.45, 7) is 0.170. The standard InChI is InChI=1S/C25H22ClN3O/c26-19-13-14-23-21(15-19)25(18-8-2-1-3-9-18)28-29(23)16-24(30)27-22-12-6-10-17-7-4-5-11-20(17)22/h1-5,7-9,11,13-15,22H,6,10,12,16H2,(H,27,30)/t22-/m0/s1. The summed E-state index contributed by atoms with van der Waals surface area (Å²) in [4.78, 5) is 12.9. The Kier molecular flexibility index (Phi) is 5.01. The monoisotopic (exact) mass is 415 g/mol. The van der Waals surface area contributed by atoms with Crippen LogP contribution < -0.4 is 5.32 Å². The number of aromatic nitrogens is 2. The first kappa shape index (κ1) is 18.9. The molecule has 4 nitrogen and oxygen atoms in total. The van der Waals surface area contributed by atoms with Crippen molar-refractivity contribution in [1.29, 1.82) is 0 Å². The van der Waals surface area contributed by atoms with Gasteiger partial charge in [0, 0.05) is 16.0 Å². The average molecular weight is 416 g/mol. The molecule has 0 fully saturated rings. The normalized spacial score (nSPS) is 15.7. The van der Waals surface area contributed by atoms with Crippen molar-refractivity contribution in [3.8, 4) is 11.3 Å². The number of nitrogens with one attached hydrogen (secondary N) is 1. The molecule has 3 aromatic carbocycles. The van der Waals surface area contributed by atoms with Crippen LogP contribution in [0.5, 0.6) is 0 Å². The summed E-state index contributed by atoms with van der Waals surface area (Å²) in [5.41, 5.74) is 5.31. The van der Waals surface area contributed by atoms with Gasteiger partial charge in [0.25, 0.3) is 0 Å². The Morgan fingerprint density at radius 2 is 1.87 bits per heavy atom. The van der Waals surface area contributed by atoms with E-state index in [2.05, 4.69) is 23.5 Å². The van der Waals surface area contributed by atoms with Crippen molar-refractivity contribution in [1.82, 2.24) is 15.1 Å². The molecule has 1 aromatic heterocycles. The van der Waals surface area contributed by atoms with E-state index in [9.17, 15) is 4.79 Å². The second kappa shape index (κ2) is 7.96. The highest BCUT2D eigenvalue weighted by atomic mass is 35.5. The Morgan fingerprint density at radius 3 is 2.73 bits per heavy atom. The minimum atomic E-state index is -0.0318. The van der Waals surface area contributed by atoms with Gasteiger partial charge >= 0.3 is 0 Å². The minimum Gasteiger partial charge on any atom is -0.348 e. The Labute approximate surface area is 180 Å². The molecule has 5 heteroatoms. The maximum Gasteiger partial charge on any atom is 0.242 e. The van der Waals surface area contributed by atoms with Crippen LogP contribution in [0.25, 0.3) is 22.2 Å². The van der Waals surface area contributed by atoms with Crippen molar-refractivity contribution in [3.05, 3.63) is 88.9 Å². The molecule has 1 amide bonds. The van der Waals surface area contributed by atoms with Gasteiger partial charge in [0.2, 0.25) is 5.91 Å². The first-order valence-corrected chi connectivity index (χ1v) is 10.7. The zero-order chi connectivity index (χ0) is 20.5. The molecule has 0 radical (unpaired) electrons. The number of hydrogen-bond donors (Lipinski definition) is 1. The molecule has 0 aliphatic heterocycles. The molecular weight excluding hydrogens is 394 g/mol. The lowest BCUT2D eigenvalue weighted by atomic mass is 9.88. The summed E-state index contributed by atoms with van der Waals surface area (Å²) in [5.74, 6) is -0.0318. The number of halogens is 1. The van der Waals surface area contributed by atoms with Crippen LogP contribution >= 0.6 is 11.6 Å². The third-order valence-electron chi connectivity index (χ3n) is 5.76. The summed E-state index contributed by atoms with van der Waals surface area (Å²) >= 11 is 6.25. The Morgan fingerprint density at radius 1 is 1.07 bits per heavy atom. The van der Waals surface area contributed by atoms with Gasteiger partial charge in [-0.15, -0.1) is 0 Å². The fraction of sp³-hybridized carbons (Fsp3) is 0.200. The van der Waals surface area contributed by atoms with Gasteiger partial charge < -0.3 is 5.32 Å². The number of benzene rings is 3. The molecule has 1 heterocycles. The molecule has 1 N–H and O–H groups in total. The lowest BCUT2D eigenvalue weighted by Gasteiger charge is -2.26. The van der Waals surface area contributed by atoms with E-state index in [1.165, 1.54) is 11.1 Å². The number of rotatable bonds is 4. The average Bonchev–Trinajstić information content (AvgIpc) is 3.12. The summed E-state index contributed by atoms with van der Waals surface area (Å²) in [6.07, 6.45) is 3.13. The highest BCUT2D eigenvalue weighted by Gasteiger charge is 2.22. The summed E-state index contributed by atoms with van der Waals surface area (Å²) in [6, 6.07) is 24.1. The smallest absolute Gasteiger partial charge is 0.242 e. The molecule has 4 aromatic rings. The van der Waals surface area contributed by atoms with Crippen LogP contribution in [0.3, 0.4) is 0 Å². The quantitative estimate of drug-likeness (QED) is 0.475. The van der Waals surface area contributed by atoms with Crippen LogP contribution in [0.2, 0.25) is 5.02 Å². The van der Waals surface area contributed by atoms with Gasteiger partial charge in [-0.2, -0.15) is 5.10 Å². The predicted molar refractivity (Wildman–Crippen MR) is 120 cm³/mol. The topological polar surface area (TPSA) is 46.9 Å². The Balaban J connectivity index is 1.44. The van der Waals surface area contributed by atoms with Crippen LogP contribution in [0.15, 0.2) is 72.8 Å². The van der Waals surface area contributed by atoms with E-state index >= 15 is 0 Å². The highest BCUT2D eigenvalue weighted by molar-refractivity contribution is 6.31. The molecule has 0 unspecified atom stereocenters. The van der Waals surface area contributed by atoms with Crippen molar-refractivity contribution in [3.63, 3.8) is 0 Å². The zero-order valence-electron chi connectivity index (χ0n) is 16.5. The largest absolute Gasteiger partial charge is 0.348 e. The number of aryl methyl sites for hydroxylation is 1. The van der Waals surface area contributed by atoms with Crippen molar-refractivity contribution < 1.29 is 4.79 Å². The third-order valence-corrected chi connectivity index (χ3v) is 5.99. The molecule has 0 bridgehead atoms. The second-order valence-electron chi connectivity index (χ2n) is 7.74. The molecule has 1 aliphatic carbocycles. The molecule has 1 atom stereocenters. The number of amides is 1. The van der Waals surface area contributed by atoms with E-state index in [0.29, 0.717) is 5.02 Å². The molecular formula is C25H22ClN3O. The van der Waals surface area contributed by atoms with E-state index in [1.807, 2.05) is 54.6 Å². The van der Waals surface area contributed by atoms with Crippen LogP contribution in [0, 0.1) is 0 Å². The number of carbonyl (C=O) groups excluding carboxylic acids is 1. The first-order valence-electron chi connectivity index (χ1n) is 10.3. The molecule has 30 heavy (non-hydrogen) atoms. The fourth-order valence-corrected chi connectivity index (χ4v) is 4.53. The van der Waals surface area contributed by atoms with Crippen molar-refractivity contribution in [2.75, 3.05) is 0 Å². The fourth-order valence-electron chi connectivity index (χ4n) is 4.36. The first-order chi connectivity index (χ1) is 14.7. The molecule has 150 valence electrons. The molecule has 1 aliphatic rings. The van der Waals surface area contributed by atoms with Gasteiger partial charge in [-0.1, -0.05) is 66.2 Å². The zero-order valence-corrected chi connectivity index (χ0v) is 17.3. The maximum absolute atomic E-state index is 12.9. The summed E-state index contributed by atoms with van der Waals surface area (Å²) in [5, 5.41) is 9.60. The van der Waals surface area contributed by atoms with E-state index in [-0.39, 0.29) is 18.5 Å². The van der Waals surface area contributed by atoms with E-state index in [4.69, 9.17) is 16.7 Å². The third kappa shape index (κ3) is 3.59. The van der Waals surface area contributed by atoms with Gasteiger partial charge in [0.15, 0.2) is 0 Å². The van der Waals surface area contributed by atoms with E-state index in [0.717, 1.165) is 41.4 Å². The molecule has 0 saturated heterocycles. The Bertz CT molecular complexity index is 1220. The van der Waals surface area contributed by atoms with E-state index < -0.39 is 0 Å². The van der Waals surface area contributed by atoms with Crippen molar-refractivity contribution in [2.45, 2.75) is 31.8 Å². The van der Waals surface area contributed by atoms with Crippen molar-refractivity contribution >= 4 is 28.4 Å². The predicted octanol–water partition coefficient (Wildman–Crippen LogP) is 5.55. The van der Waals surface area contributed by atoms with Gasteiger partial charge in [-0.3, -0.25) is 9.48 Å². The SMILES string of the molecule is O=C(Cn1nc(-c2ccccc2)c2cc(Cl)ccc21)N[C@H]1CCCc2ccccc21. The number of nitrogens with zero attached hydrogens (tertiary/aromatic N) is 2. The van der Waals surface area contributed by atoms with Crippen LogP contribution in [0.4, 0.5) is 0 Å². The second-order valence-corrected chi connectivity index (χ2v) is 8.18. The van der Waals surface area contributed by atoms with Gasteiger partial charge in [0.1, 0.15) is 12.2 Å². The lowest BCUT2D eigenvalue weighted by Crippen LogP contribution is -2.33. The van der Waals surface area contributed by atoms with Crippen molar-refractivity contribution in [2.24, 2.45) is 0 Å². The number of carbonyl (C=O) groups is 1. The van der Waals surface area contributed by atoms with Crippen LogP contribution in [-0.2, 0) is 17.8 Å². The molecule has 5 rings (SSSR count). The van der Waals surface area contributed by atoms with Crippen LogP contribution in [0.1, 0.15) is 30.0 Å². The maximum atomic E-state index is 12.9. The van der Waals surface area contributed by atoms with Gasteiger partial charge in [-0.05, 0) is 48.6 Å². The lowest BCUT2D eigenvalue weighted by molar-refractivity contribution is -0.122. The number of fused-ring (bicyclic) bond motifs is 2. The van der Waals surface area contributed by atoms with E-state index in [1.54, 1.807) is 4.68 Å².